The molecule has 2 N–H and O–H groups in total. The lowest BCUT2D eigenvalue weighted by atomic mass is 10.4. The normalized spacial score (nSPS) is 15.5. The van der Waals surface area contributed by atoms with Gasteiger partial charge in [0.1, 0.15) is 0 Å². The van der Waals surface area contributed by atoms with Crippen molar-refractivity contribution in [1.82, 2.24) is 5.48 Å². The largest absolute Gasteiger partial charge is 0.375 e. The van der Waals surface area contributed by atoms with Gasteiger partial charge in [0.15, 0.2) is 0 Å². The summed E-state index contributed by atoms with van der Waals surface area (Å²) in [5.41, 5.74) is 2.19. The van der Waals surface area contributed by atoms with Gasteiger partial charge in [-0.15, -0.1) is 0 Å². The van der Waals surface area contributed by atoms with Gasteiger partial charge in [-0.25, -0.2) is 4.62 Å². The fourth-order valence-corrected chi connectivity index (χ4v) is 1.69. The maximum Gasteiger partial charge on any atom is 0.375 e. The third-order valence-electron chi connectivity index (χ3n) is 1.30. The Morgan fingerprint density at radius 1 is 1.42 bits per heavy atom. The Balaban J connectivity index is 2.90. The first-order chi connectivity index (χ1) is 5.67. The van der Waals surface area contributed by atoms with Gasteiger partial charge in [0.05, 0.1) is 5.30 Å². The number of hydrogen-bond acceptors (Lipinski definition) is 3. The van der Waals surface area contributed by atoms with Crippen LogP contribution in [0.4, 0.5) is 0 Å². The molecule has 0 fully saturated rings. The van der Waals surface area contributed by atoms with Crippen molar-refractivity contribution in [3.63, 3.8) is 0 Å². The van der Waals surface area contributed by atoms with Crippen molar-refractivity contribution >= 4 is 12.9 Å². The lowest BCUT2D eigenvalue weighted by Crippen LogP contribution is -2.13. The van der Waals surface area contributed by atoms with Crippen molar-refractivity contribution in [2.45, 2.75) is 0 Å². The molecule has 66 valence electrons. The van der Waals surface area contributed by atoms with E-state index in [4.69, 9.17) is 0 Å². The molecule has 0 aromatic heterocycles. The summed E-state index contributed by atoms with van der Waals surface area (Å²) in [6.45, 7) is 0. The Kier molecular flexibility index (Phi) is 3.00. The summed E-state index contributed by atoms with van der Waals surface area (Å²) in [4.78, 5) is 9.26. The van der Waals surface area contributed by atoms with Crippen LogP contribution in [0.3, 0.4) is 0 Å². The minimum Gasteiger partial charge on any atom is -0.320 e. The van der Waals surface area contributed by atoms with E-state index in [9.17, 15) is 9.46 Å². The van der Waals surface area contributed by atoms with E-state index in [0.29, 0.717) is 0 Å². The summed E-state index contributed by atoms with van der Waals surface area (Å²) in [6.07, 6.45) is 0. The first-order valence-corrected chi connectivity index (χ1v) is 4.98. The lowest BCUT2D eigenvalue weighted by Gasteiger charge is -2.09. The highest BCUT2D eigenvalue weighted by Gasteiger charge is 2.21. The zero-order chi connectivity index (χ0) is 9.03. The first-order valence-electron chi connectivity index (χ1n) is 3.40. The third-order valence-corrected chi connectivity index (χ3v) is 2.68. The van der Waals surface area contributed by atoms with Crippen LogP contribution in [-0.2, 0) is 9.19 Å². The highest BCUT2D eigenvalue weighted by Crippen LogP contribution is 2.38. The predicted octanol–water partition coefficient (Wildman–Crippen LogP) is 0.648. The molecule has 5 heteroatoms. The second-order valence-corrected chi connectivity index (χ2v) is 3.89. The Labute approximate surface area is 70.7 Å². The highest BCUT2D eigenvalue weighted by molar-refractivity contribution is 7.61. The molecule has 0 radical (unpaired) electrons. The molecule has 0 heterocycles. The molecule has 1 aromatic carbocycles. The molecule has 12 heavy (non-hydrogen) atoms. The fraction of sp³-hybridized carbons (Fsp3) is 0.143. The van der Waals surface area contributed by atoms with Crippen molar-refractivity contribution in [2.75, 3.05) is 7.05 Å². The number of rotatable bonds is 3. The van der Waals surface area contributed by atoms with Crippen LogP contribution in [-0.4, -0.2) is 11.9 Å². The van der Waals surface area contributed by atoms with E-state index < -0.39 is 7.60 Å². The van der Waals surface area contributed by atoms with Crippen LogP contribution in [0, 0.1) is 0 Å². The molecule has 1 aromatic rings. The van der Waals surface area contributed by atoms with E-state index in [1.165, 1.54) is 19.2 Å². The Hall–Kier alpha value is -0.670. The van der Waals surface area contributed by atoms with Crippen molar-refractivity contribution in [3.8, 4) is 0 Å². The topological polar surface area (TPSA) is 58.6 Å². The first kappa shape index (κ1) is 9.42. The number of hydroxylamine groups is 1. The van der Waals surface area contributed by atoms with E-state index in [1.54, 1.807) is 18.2 Å². The van der Waals surface area contributed by atoms with Gasteiger partial charge < -0.3 is 4.89 Å². The average molecular weight is 187 g/mol. The highest BCUT2D eigenvalue weighted by atomic mass is 31.2. The quantitative estimate of drug-likeness (QED) is 0.538. The van der Waals surface area contributed by atoms with Gasteiger partial charge in [0.2, 0.25) is 0 Å². The van der Waals surface area contributed by atoms with E-state index in [2.05, 4.69) is 10.1 Å². The standard InChI is InChI=1S/C7H10NO3P/c1-8-11-12(9,10)7-5-3-2-4-6-7/h2-6,8H,1H3,(H,9,10). The van der Waals surface area contributed by atoms with Crippen LogP contribution < -0.4 is 10.8 Å². The van der Waals surface area contributed by atoms with E-state index >= 15 is 0 Å². The Bertz CT molecular complexity index is 288. The minimum absolute atomic E-state index is 0.277. The zero-order valence-corrected chi connectivity index (χ0v) is 7.49. The van der Waals surface area contributed by atoms with Crippen LogP contribution in [0.15, 0.2) is 30.3 Å². The van der Waals surface area contributed by atoms with Crippen molar-refractivity contribution < 1.29 is 14.1 Å². The molecule has 0 aliphatic heterocycles. The maximum absolute atomic E-state index is 11.3. The Morgan fingerprint density at radius 3 is 2.50 bits per heavy atom. The number of nitrogens with one attached hydrogen (secondary N) is 1. The van der Waals surface area contributed by atoms with Crippen LogP contribution in [0.5, 0.6) is 0 Å². The molecule has 1 unspecified atom stereocenters. The van der Waals surface area contributed by atoms with Gasteiger partial charge >= 0.3 is 7.60 Å². The van der Waals surface area contributed by atoms with Crippen molar-refractivity contribution in [1.29, 1.82) is 0 Å². The second kappa shape index (κ2) is 3.83. The summed E-state index contributed by atoms with van der Waals surface area (Å²) in [5.74, 6) is 0. The summed E-state index contributed by atoms with van der Waals surface area (Å²) in [5, 5.41) is 0.277. The monoisotopic (exact) mass is 187 g/mol. The minimum atomic E-state index is -3.66. The summed E-state index contributed by atoms with van der Waals surface area (Å²) in [6, 6.07) is 8.20. The van der Waals surface area contributed by atoms with Crippen LogP contribution in [0.25, 0.3) is 0 Å². The molecule has 0 spiro atoms. The molecule has 4 nitrogen and oxygen atoms in total. The van der Waals surface area contributed by atoms with E-state index in [0.717, 1.165) is 0 Å². The Morgan fingerprint density at radius 2 is 2.00 bits per heavy atom. The van der Waals surface area contributed by atoms with Crippen LogP contribution in [0.1, 0.15) is 0 Å². The molecule has 1 atom stereocenters. The summed E-state index contributed by atoms with van der Waals surface area (Å²) < 4.78 is 15.8. The molecule has 0 bridgehead atoms. The number of hydrogen-bond donors (Lipinski definition) is 2. The second-order valence-electron chi connectivity index (χ2n) is 2.15. The van der Waals surface area contributed by atoms with Gasteiger partial charge in [-0.1, -0.05) is 18.2 Å². The molecule has 0 saturated carbocycles. The van der Waals surface area contributed by atoms with Crippen molar-refractivity contribution in [3.05, 3.63) is 30.3 Å². The van der Waals surface area contributed by atoms with Gasteiger partial charge in [0, 0.05) is 7.05 Å². The van der Waals surface area contributed by atoms with Gasteiger partial charge in [-0.05, 0) is 12.1 Å². The molecule has 1 rings (SSSR count). The smallest absolute Gasteiger partial charge is 0.320 e. The van der Waals surface area contributed by atoms with E-state index in [-0.39, 0.29) is 5.30 Å². The molecule has 0 saturated heterocycles. The molecule has 0 aliphatic carbocycles. The predicted molar refractivity (Wildman–Crippen MR) is 46.0 cm³/mol. The van der Waals surface area contributed by atoms with Gasteiger partial charge in [-0.3, -0.25) is 4.57 Å². The SMILES string of the molecule is CNOP(=O)(O)c1ccccc1. The van der Waals surface area contributed by atoms with Crippen LogP contribution in [0.2, 0.25) is 0 Å². The van der Waals surface area contributed by atoms with Crippen molar-refractivity contribution in [2.24, 2.45) is 0 Å². The molecule has 0 aliphatic rings. The molecular formula is C7H10NO3P. The maximum atomic E-state index is 11.3. The summed E-state index contributed by atoms with van der Waals surface area (Å²) in [7, 11) is -2.22. The molecule has 0 amide bonds. The average Bonchev–Trinajstić information content (AvgIpc) is 2.06. The summed E-state index contributed by atoms with van der Waals surface area (Å²) >= 11 is 0. The van der Waals surface area contributed by atoms with Crippen LogP contribution >= 0.6 is 7.60 Å². The zero-order valence-electron chi connectivity index (χ0n) is 6.60. The third kappa shape index (κ3) is 2.16. The van der Waals surface area contributed by atoms with Gasteiger partial charge in [-0.2, -0.15) is 5.48 Å². The van der Waals surface area contributed by atoms with E-state index in [1.807, 2.05) is 0 Å². The van der Waals surface area contributed by atoms with Gasteiger partial charge in [0.25, 0.3) is 0 Å². The fourth-order valence-electron chi connectivity index (χ4n) is 0.793. The number of benzene rings is 1. The lowest BCUT2D eigenvalue weighted by molar-refractivity contribution is 0.195. The molecular weight excluding hydrogens is 177 g/mol.